The second-order valence-corrected chi connectivity index (χ2v) is 5.47. The molecule has 0 N–H and O–H groups in total. The maximum absolute atomic E-state index is 12.4. The first-order valence-corrected chi connectivity index (χ1v) is 6.86. The van der Waals surface area contributed by atoms with Gasteiger partial charge in [-0.3, -0.25) is 4.79 Å². The third-order valence-corrected chi connectivity index (χ3v) is 3.71. The number of nitrogens with zero attached hydrogens (tertiary/aromatic N) is 1. The van der Waals surface area contributed by atoms with E-state index in [4.69, 9.17) is 4.74 Å². The summed E-state index contributed by atoms with van der Waals surface area (Å²) in [7, 11) is 0. The summed E-state index contributed by atoms with van der Waals surface area (Å²) in [5.41, 5.74) is 0. The summed E-state index contributed by atoms with van der Waals surface area (Å²) in [6.07, 6.45) is -2.84. The molecule has 0 aliphatic carbocycles. The number of hydrogen-bond donors (Lipinski definition) is 0. The molecule has 1 fully saturated rings. The van der Waals surface area contributed by atoms with Gasteiger partial charge in [0.25, 0.3) is 0 Å². The molecule has 0 bridgehead atoms. The SMILES string of the molecule is CCOC(=O)C1CCCN(CC(Br)C(F)(F)F)C1. The zero-order chi connectivity index (χ0) is 13.8. The molecule has 0 aromatic heterocycles. The van der Waals surface area contributed by atoms with Crippen LogP contribution in [0.1, 0.15) is 19.8 Å². The summed E-state index contributed by atoms with van der Waals surface area (Å²) in [6.45, 7) is 2.83. The van der Waals surface area contributed by atoms with Crippen molar-refractivity contribution >= 4 is 21.9 Å². The van der Waals surface area contributed by atoms with Gasteiger partial charge in [-0.15, -0.1) is 0 Å². The molecule has 0 radical (unpaired) electrons. The first-order valence-electron chi connectivity index (χ1n) is 5.94. The van der Waals surface area contributed by atoms with E-state index in [-0.39, 0.29) is 18.4 Å². The molecule has 1 aliphatic heterocycles. The van der Waals surface area contributed by atoms with Crippen LogP contribution in [0.3, 0.4) is 0 Å². The molecule has 106 valence electrons. The van der Waals surface area contributed by atoms with Crippen molar-refractivity contribution < 1.29 is 22.7 Å². The van der Waals surface area contributed by atoms with E-state index in [9.17, 15) is 18.0 Å². The van der Waals surface area contributed by atoms with Crippen LogP contribution in [0.4, 0.5) is 13.2 Å². The molecule has 2 atom stereocenters. The lowest BCUT2D eigenvalue weighted by Gasteiger charge is -2.33. The smallest absolute Gasteiger partial charge is 0.402 e. The summed E-state index contributed by atoms with van der Waals surface area (Å²) in [5, 5.41) is 0. The lowest BCUT2D eigenvalue weighted by Crippen LogP contribution is -2.44. The zero-order valence-electron chi connectivity index (χ0n) is 10.2. The lowest BCUT2D eigenvalue weighted by atomic mass is 9.98. The zero-order valence-corrected chi connectivity index (χ0v) is 11.8. The van der Waals surface area contributed by atoms with Crippen LogP contribution in [-0.4, -0.2) is 48.1 Å². The van der Waals surface area contributed by atoms with Crippen LogP contribution >= 0.6 is 15.9 Å². The molecule has 2 unspecified atom stereocenters. The van der Waals surface area contributed by atoms with Crippen molar-refractivity contribution in [2.75, 3.05) is 26.2 Å². The predicted molar refractivity (Wildman–Crippen MR) is 64.6 cm³/mol. The molecular weight excluding hydrogens is 315 g/mol. The number of hydrogen-bond acceptors (Lipinski definition) is 3. The van der Waals surface area contributed by atoms with E-state index in [1.807, 2.05) is 0 Å². The molecule has 1 rings (SSSR count). The number of piperidine rings is 1. The molecule has 0 saturated carbocycles. The minimum absolute atomic E-state index is 0.126. The van der Waals surface area contributed by atoms with E-state index in [2.05, 4.69) is 15.9 Å². The quantitative estimate of drug-likeness (QED) is 0.585. The second-order valence-electron chi connectivity index (χ2n) is 4.36. The fraction of sp³-hybridized carbons (Fsp3) is 0.909. The minimum Gasteiger partial charge on any atom is -0.466 e. The average Bonchev–Trinajstić information content (AvgIpc) is 2.28. The van der Waals surface area contributed by atoms with Gasteiger partial charge in [0.1, 0.15) is 4.83 Å². The standard InChI is InChI=1S/C11H17BrF3NO2/c1-2-18-10(17)8-4-3-5-16(6-8)7-9(12)11(13,14)15/h8-9H,2-7H2,1H3. The number of rotatable bonds is 4. The molecule has 0 amide bonds. The van der Waals surface area contributed by atoms with E-state index < -0.39 is 11.0 Å². The Morgan fingerprint density at radius 2 is 2.22 bits per heavy atom. The molecule has 3 nitrogen and oxygen atoms in total. The van der Waals surface area contributed by atoms with Crippen molar-refractivity contribution in [3.63, 3.8) is 0 Å². The number of halogens is 4. The number of likely N-dealkylation sites (tertiary alicyclic amines) is 1. The van der Waals surface area contributed by atoms with Gasteiger partial charge in [-0.05, 0) is 26.3 Å². The molecule has 1 heterocycles. The van der Waals surface area contributed by atoms with Crippen LogP contribution < -0.4 is 0 Å². The Kier molecular flexibility index (Phi) is 5.91. The van der Waals surface area contributed by atoms with Crippen molar-refractivity contribution in [1.82, 2.24) is 4.90 Å². The van der Waals surface area contributed by atoms with Gasteiger partial charge >= 0.3 is 12.1 Å². The number of carbonyl (C=O) groups is 1. The largest absolute Gasteiger partial charge is 0.466 e. The Labute approximate surface area is 113 Å². The van der Waals surface area contributed by atoms with Gasteiger partial charge < -0.3 is 9.64 Å². The monoisotopic (exact) mass is 331 g/mol. The number of alkyl halides is 4. The van der Waals surface area contributed by atoms with Crippen LogP contribution in [0.5, 0.6) is 0 Å². The number of esters is 1. The van der Waals surface area contributed by atoms with Crippen molar-refractivity contribution in [2.45, 2.75) is 30.8 Å². The maximum atomic E-state index is 12.4. The Bertz CT molecular complexity index is 286. The topological polar surface area (TPSA) is 29.5 Å². The lowest BCUT2D eigenvalue weighted by molar-refractivity contribution is -0.150. The van der Waals surface area contributed by atoms with Crippen molar-refractivity contribution in [3.05, 3.63) is 0 Å². The molecule has 0 aromatic carbocycles. The van der Waals surface area contributed by atoms with Crippen molar-refractivity contribution in [3.8, 4) is 0 Å². The molecule has 1 aliphatic rings. The highest BCUT2D eigenvalue weighted by Gasteiger charge is 2.39. The van der Waals surface area contributed by atoms with Gasteiger partial charge in [0, 0.05) is 13.1 Å². The molecule has 18 heavy (non-hydrogen) atoms. The van der Waals surface area contributed by atoms with E-state index in [0.29, 0.717) is 26.1 Å². The van der Waals surface area contributed by atoms with Gasteiger partial charge in [-0.2, -0.15) is 13.2 Å². The molecule has 0 aromatic rings. The highest BCUT2D eigenvalue weighted by Crippen LogP contribution is 2.28. The van der Waals surface area contributed by atoms with Gasteiger partial charge in [-0.1, -0.05) is 15.9 Å². The van der Waals surface area contributed by atoms with Crippen LogP contribution in [0.15, 0.2) is 0 Å². The summed E-state index contributed by atoms with van der Waals surface area (Å²) in [5.74, 6) is -0.605. The van der Waals surface area contributed by atoms with Gasteiger partial charge in [-0.25, -0.2) is 0 Å². The van der Waals surface area contributed by atoms with Crippen LogP contribution in [0, 0.1) is 5.92 Å². The molecular formula is C11H17BrF3NO2. The van der Waals surface area contributed by atoms with Crippen LogP contribution in [0.2, 0.25) is 0 Å². The second kappa shape index (κ2) is 6.75. The Morgan fingerprint density at radius 3 is 2.78 bits per heavy atom. The Hall–Kier alpha value is -0.300. The van der Waals surface area contributed by atoms with E-state index >= 15 is 0 Å². The van der Waals surface area contributed by atoms with Gasteiger partial charge in [0.05, 0.1) is 12.5 Å². The number of ether oxygens (including phenoxy) is 1. The van der Waals surface area contributed by atoms with Gasteiger partial charge in [0.2, 0.25) is 0 Å². The molecule has 7 heteroatoms. The minimum atomic E-state index is -4.25. The maximum Gasteiger partial charge on any atom is 0.402 e. The Balaban J connectivity index is 2.46. The first kappa shape index (κ1) is 15.8. The fourth-order valence-corrected chi connectivity index (χ4v) is 2.41. The normalized spacial score (nSPS) is 23.7. The van der Waals surface area contributed by atoms with E-state index in [0.717, 1.165) is 6.42 Å². The molecule has 1 saturated heterocycles. The predicted octanol–water partition coefficient (Wildman–Crippen LogP) is 2.59. The average molecular weight is 332 g/mol. The summed E-state index contributed by atoms with van der Waals surface area (Å²) in [6, 6.07) is 0. The highest BCUT2D eigenvalue weighted by molar-refractivity contribution is 9.09. The fourth-order valence-electron chi connectivity index (χ4n) is 2.00. The Morgan fingerprint density at radius 1 is 1.56 bits per heavy atom. The highest BCUT2D eigenvalue weighted by atomic mass is 79.9. The van der Waals surface area contributed by atoms with E-state index in [1.54, 1.807) is 11.8 Å². The molecule has 0 spiro atoms. The number of carbonyl (C=O) groups excluding carboxylic acids is 1. The summed E-state index contributed by atoms with van der Waals surface area (Å²) >= 11 is 2.64. The van der Waals surface area contributed by atoms with Crippen molar-refractivity contribution in [2.24, 2.45) is 5.92 Å². The summed E-state index contributed by atoms with van der Waals surface area (Å²) < 4.78 is 42.1. The van der Waals surface area contributed by atoms with Crippen LogP contribution in [-0.2, 0) is 9.53 Å². The van der Waals surface area contributed by atoms with Crippen molar-refractivity contribution in [1.29, 1.82) is 0 Å². The third kappa shape index (κ3) is 4.76. The van der Waals surface area contributed by atoms with Gasteiger partial charge in [0.15, 0.2) is 0 Å². The third-order valence-electron chi connectivity index (χ3n) is 2.90. The summed E-state index contributed by atoms with van der Waals surface area (Å²) in [4.78, 5) is 11.7. The van der Waals surface area contributed by atoms with E-state index in [1.165, 1.54) is 0 Å². The van der Waals surface area contributed by atoms with Crippen LogP contribution in [0.25, 0.3) is 0 Å². The first-order chi connectivity index (χ1) is 8.34.